The first kappa shape index (κ1) is 29.5. The van der Waals surface area contributed by atoms with Crippen molar-refractivity contribution >= 4 is 64.9 Å². The number of hydrogen-bond acceptors (Lipinski definition) is 3. The molecule has 4 heteroatoms. The molecule has 11 aromatic rings. The zero-order valence-corrected chi connectivity index (χ0v) is 28.6. The molecule has 53 heavy (non-hydrogen) atoms. The molecule has 0 bridgehead atoms. The largest absolute Gasteiger partial charge is 0.309 e. The zero-order chi connectivity index (χ0) is 34.9. The molecule has 0 spiro atoms. The van der Waals surface area contributed by atoms with E-state index in [2.05, 4.69) is 168 Å². The second kappa shape index (κ2) is 11.7. The summed E-state index contributed by atoms with van der Waals surface area (Å²) >= 11 is 0. The van der Waals surface area contributed by atoms with Crippen molar-refractivity contribution in [3.05, 3.63) is 182 Å². The maximum atomic E-state index is 5.19. The van der Waals surface area contributed by atoms with Crippen LogP contribution in [0, 0.1) is 0 Å². The molecule has 0 unspecified atom stereocenters. The van der Waals surface area contributed by atoms with Crippen molar-refractivity contribution in [1.82, 2.24) is 19.5 Å². The molecule has 9 aromatic carbocycles. The van der Waals surface area contributed by atoms with Crippen LogP contribution in [-0.4, -0.2) is 19.5 Å². The Hall–Kier alpha value is -7.17. The molecule has 0 aliphatic carbocycles. The molecular formula is C49H30N4. The highest BCUT2D eigenvalue weighted by atomic mass is 15.0. The first-order valence-corrected chi connectivity index (χ1v) is 18.0. The summed E-state index contributed by atoms with van der Waals surface area (Å²) in [6.45, 7) is 0. The van der Waals surface area contributed by atoms with Gasteiger partial charge in [0.15, 0.2) is 17.5 Å². The van der Waals surface area contributed by atoms with Crippen LogP contribution in [0.2, 0.25) is 0 Å². The van der Waals surface area contributed by atoms with Crippen LogP contribution in [-0.2, 0) is 0 Å². The normalized spacial score (nSPS) is 11.8. The Morgan fingerprint density at radius 3 is 1.75 bits per heavy atom. The predicted octanol–water partition coefficient (Wildman–Crippen LogP) is 12.6. The van der Waals surface area contributed by atoms with Gasteiger partial charge in [-0.2, -0.15) is 0 Å². The first-order valence-electron chi connectivity index (χ1n) is 18.0. The second-order valence-electron chi connectivity index (χ2n) is 13.6. The van der Waals surface area contributed by atoms with Crippen molar-refractivity contribution in [1.29, 1.82) is 0 Å². The quantitative estimate of drug-likeness (QED) is 0.175. The van der Waals surface area contributed by atoms with Gasteiger partial charge >= 0.3 is 0 Å². The van der Waals surface area contributed by atoms with Gasteiger partial charge < -0.3 is 4.57 Å². The van der Waals surface area contributed by atoms with Crippen LogP contribution in [0.4, 0.5) is 0 Å². The topological polar surface area (TPSA) is 43.6 Å². The van der Waals surface area contributed by atoms with Gasteiger partial charge in [0.2, 0.25) is 0 Å². The molecule has 11 rings (SSSR count). The summed E-state index contributed by atoms with van der Waals surface area (Å²) in [5, 5.41) is 12.3. The fraction of sp³-hybridized carbons (Fsp3) is 0. The first-order chi connectivity index (χ1) is 26.3. The number of rotatable bonds is 4. The van der Waals surface area contributed by atoms with Gasteiger partial charge in [0, 0.05) is 43.9 Å². The van der Waals surface area contributed by atoms with E-state index in [4.69, 9.17) is 15.0 Å². The summed E-state index contributed by atoms with van der Waals surface area (Å²) in [6, 6.07) is 64.4. The fourth-order valence-electron chi connectivity index (χ4n) is 8.25. The molecule has 246 valence electrons. The van der Waals surface area contributed by atoms with E-state index in [1.165, 1.54) is 48.6 Å². The highest BCUT2D eigenvalue weighted by Gasteiger charge is 2.21. The van der Waals surface area contributed by atoms with Gasteiger partial charge in [-0.25, -0.2) is 15.0 Å². The molecule has 0 fully saturated rings. The maximum absolute atomic E-state index is 5.19. The molecule has 2 aromatic heterocycles. The SMILES string of the molecule is c1ccc(-c2nc(-c3cccc(-n4c5ccccc5c5c6c7ccccc7ccc6c6ccccc6c54)c3)nc(-c3cccc4ccccc34)n2)cc1. The minimum atomic E-state index is 0.630. The van der Waals surface area contributed by atoms with E-state index in [1.807, 2.05) is 18.2 Å². The van der Waals surface area contributed by atoms with E-state index >= 15 is 0 Å². The van der Waals surface area contributed by atoms with Gasteiger partial charge in [-0.05, 0) is 50.5 Å². The molecule has 0 saturated carbocycles. The molecule has 0 saturated heterocycles. The standard InChI is InChI=1S/C49H30N4/c1-2-16-33(17-3-1)47-50-48(52-49(51-47)41-26-13-18-31-14-4-6-21-36(31)41)34-19-12-20-35(30-34)53-43-27-11-10-25-42(43)45-44-37-22-7-5-15-32(37)28-29-39(44)38-23-8-9-24-40(38)46(45)53/h1-30H. The molecule has 0 aliphatic heterocycles. The van der Waals surface area contributed by atoms with E-state index in [9.17, 15) is 0 Å². The lowest BCUT2D eigenvalue weighted by molar-refractivity contribution is 1.07. The van der Waals surface area contributed by atoms with E-state index in [1.54, 1.807) is 0 Å². The van der Waals surface area contributed by atoms with Crippen LogP contribution in [0.1, 0.15) is 0 Å². The van der Waals surface area contributed by atoms with Gasteiger partial charge in [0.1, 0.15) is 0 Å². The molecule has 4 nitrogen and oxygen atoms in total. The third-order valence-electron chi connectivity index (χ3n) is 10.6. The lowest BCUT2D eigenvalue weighted by Crippen LogP contribution is -2.01. The number of nitrogens with zero attached hydrogens (tertiary/aromatic N) is 4. The van der Waals surface area contributed by atoms with Gasteiger partial charge in [-0.1, -0.05) is 164 Å². The third-order valence-corrected chi connectivity index (χ3v) is 10.6. The third kappa shape index (κ3) is 4.59. The Balaban J connectivity index is 1.21. The lowest BCUT2D eigenvalue weighted by Gasteiger charge is -2.14. The Morgan fingerprint density at radius 1 is 0.340 bits per heavy atom. The number of aromatic nitrogens is 4. The fourth-order valence-corrected chi connectivity index (χ4v) is 8.25. The van der Waals surface area contributed by atoms with E-state index in [0.29, 0.717) is 17.5 Å². The van der Waals surface area contributed by atoms with Crippen LogP contribution < -0.4 is 0 Å². The number of para-hydroxylation sites is 1. The predicted molar refractivity (Wildman–Crippen MR) is 220 cm³/mol. The van der Waals surface area contributed by atoms with Crippen LogP contribution in [0.15, 0.2) is 182 Å². The molecule has 0 aliphatic rings. The summed E-state index contributed by atoms with van der Waals surface area (Å²) in [7, 11) is 0. The summed E-state index contributed by atoms with van der Waals surface area (Å²) in [5.41, 5.74) is 6.24. The summed E-state index contributed by atoms with van der Waals surface area (Å²) in [5.74, 6) is 1.92. The maximum Gasteiger partial charge on any atom is 0.164 e. The highest BCUT2D eigenvalue weighted by Crippen LogP contribution is 2.45. The van der Waals surface area contributed by atoms with Crippen molar-refractivity contribution in [2.75, 3.05) is 0 Å². The minimum absolute atomic E-state index is 0.630. The number of hydrogen-bond donors (Lipinski definition) is 0. The van der Waals surface area contributed by atoms with E-state index in [-0.39, 0.29) is 0 Å². The highest BCUT2D eigenvalue weighted by molar-refractivity contribution is 6.36. The Bertz CT molecular complexity index is 3230. The average molecular weight is 675 g/mol. The Labute approximate surface area is 305 Å². The van der Waals surface area contributed by atoms with Crippen molar-refractivity contribution in [2.45, 2.75) is 0 Å². The minimum Gasteiger partial charge on any atom is -0.309 e. The van der Waals surface area contributed by atoms with Crippen LogP contribution in [0.5, 0.6) is 0 Å². The Morgan fingerprint density at radius 2 is 0.925 bits per heavy atom. The molecule has 0 radical (unpaired) electrons. The van der Waals surface area contributed by atoms with Crippen molar-refractivity contribution in [2.24, 2.45) is 0 Å². The lowest BCUT2D eigenvalue weighted by atomic mass is 9.93. The average Bonchev–Trinajstić information content (AvgIpc) is 3.59. The molecular weight excluding hydrogens is 645 g/mol. The molecule has 0 atom stereocenters. The van der Waals surface area contributed by atoms with Crippen molar-refractivity contribution in [3.63, 3.8) is 0 Å². The van der Waals surface area contributed by atoms with Crippen LogP contribution >= 0.6 is 0 Å². The monoisotopic (exact) mass is 674 g/mol. The van der Waals surface area contributed by atoms with Gasteiger partial charge in [0.25, 0.3) is 0 Å². The number of fused-ring (bicyclic) bond motifs is 11. The summed E-state index contributed by atoms with van der Waals surface area (Å²) in [4.78, 5) is 15.4. The van der Waals surface area contributed by atoms with Crippen molar-refractivity contribution < 1.29 is 0 Å². The molecule has 0 amide bonds. The smallest absolute Gasteiger partial charge is 0.164 e. The molecule has 0 N–H and O–H groups in total. The van der Waals surface area contributed by atoms with Gasteiger partial charge in [0.05, 0.1) is 11.0 Å². The van der Waals surface area contributed by atoms with E-state index in [0.717, 1.165) is 38.7 Å². The Kier molecular flexibility index (Phi) is 6.52. The van der Waals surface area contributed by atoms with Crippen molar-refractivity contribution in [3.8, 4) is 39.9 Å². The van der Waals surface area contributed by atoms with Gasteiger partial charge in [-0.3, -0.25) is 0 Å². The zero-order valence-electron chi connectivity index (χ0n) is 28.6. The van der Waals surface area contributed by atoms with Gasteiger partial charge in [-0.15, -0.1) is 0 Å². The molecule has 2 heterocycles. The van der Waals surface area contributed by atoms with Crippen LogP contribution in [0.3, 0.4) is 0 Å². The van der Waals surface area contributed by atoms with E-state index < -0.39 is 0 Å². The summed E-state index contributed by atoms with van der Waals surface area (Å²) in [6.07, 6.45) is 0. The number of benzene rings is 9. The van der Waals surface area contributed by atoms with Crippen LogP contribution in [0.25, 0.3) is 105 Å². The second-order valence-corrected chi connectivity index (χ2v) is 13.6. The summed E-state index contributed by atoms with van der Waals surface area (Å²) < 4.78 is 2.43.